The summed E-state index contributed by atoms with van der Waals surface area (Å²) in [4.78, 5) is 22.2. The van der Waals surface area contributed by atoms with Crippen LogP contribution in [0.2, 0.25) is 0 Å². The van der Waals surface area contributed by atoms with Crippen molar-refractivity contribution in [3.8, 4) is 0 Å². The fourth-order valence-electron chi connectivity index (χ4n) is 3.13. The molecule has 1 N–H and O–H groups in total. The molecule has 0 saturated heterocycles. The molecule has 0 heterocycles. The first kappa shape index (κ1) is 8.73. The van der Waals surface area contributed by atoms with Gasteiger partial charge in [-0.1, -0.05) is 13.3 Å². The van der Waals surface area contributed by atoms with E-state index < -0.39 is 11.4 Å². The van der Waals surface area contributed by atoms with E-state index in [1.54, 1.807) is 0 Å². The first-order valence-electron chi connectivity index (χ1n) is 4.75. The summed E-state index contributed by atoms with van der Waals surface area (Å²) in [5.41, 5.74) is -0.485. The molecule has 0 radical (unpaired) electrons. The number of carboxylic acid groups (broad SMARTS) is 1. The second-order valence-electron chi connectivity index (χ2n) is 4.67. The van der Waals surface area contributed by atoms with Crippen molar-refractivity contribution in [1.29, 1.82) is 0 Å². The smallest absolute Gasteiger partial charge is 0.304 e. The van der Waals surface area contributed by atoms with E-state index in [4.69, 9.17) is 5.11 Å². The molecule has 2 rings (SSSR count). The summed E-state index contributed by atoms with van der Waals surface area (Å²) in [7, 11) is 0. The van der Waals surface area contributed by atoms with Gasteiger partial charge >= 0.3 is 5.97 Å². The first-order chi connectivity index (χ1) is 6.00. The second-order valence-corrected chi connectivity index (χ2v) is 4.67. The number of hydrogen-bond donors (Lipinski definition) is 1. The topological polar surface area (TPSA) is 54.4 Å². The highest BCUT2D eigenvalue weighted by molar-refractivity contribution is 5.96. The molecular weight excluding hydrogens is 168 g/mol. The van der Waals surface area contributed by atoms with Gasteiger partial charge in [-0.3, -0.25) is 9.59 Å². The summed E-state index contributed by atoms with van der Waals surface area (Å²) in [5.74, 6) is -0.656. The van der Waals surface area contributed by atoms with E-state index in [-0.39, 0.29) is 17.6 Å². The molecule has 2 aliphatic rings. The molecule has 0 spiro atoms. The van der Waals surface area contributed by atoms with Crippen LogP contribution >= 0.6 is 0 Å². The molecule has 0 amide bonds. The van der Waals surface area contributed by atoms with Crippen molar-refractivity contribution in [2.75, 3.05) is 0 Å². The minimum atomic E-state index is -0.832. The highest BCUT2D eigenvalue weighted by Gasteiger charge is 2.65. The number of carboxylic acids is 1. The van der Waals surface area contributed by atoms with Crippen LogP contribution in [0, 0.1) is 10.8 Å². The Morgan fingerprint density at radius 3 is 2.69 bits per heavy atom. The Morgan fingerprint density at radius 1 is 1.54 bits per heavy atom. The van der Waals surface area contributed by atoms with E-state index in [0.717, 1.165) is 19.3 Å². The van der Waals surface area contributed by atoms with Crippen molar-refractivity contribution in [3.05, 3.63) is 0 Å². The third kappa shape index (κ3) is 0.901. The maximum Gasteiger partial charge on any atom is 0.304 e. The predicted molar refractivity (Wildman–Crippen MR) is 46.3 cm³/mol. The summed E-state index contributed by atoms with van der Waals surface area (Å²) in [5, 5.41) is 8.77. The maximum atomic E-state index is 11.5. The Balaban J connectivity index is 2.27. The number of fused-ring (bicyclic) bond motifs is 1. The van der Waals surface area contributed by atoms with Gasteiger partial charge in [0.05, 0.1) is 6.42 Å². The fraction of sp³-hybridized carbons (Fsp3) is 0.800. The van der Waals surface area contributed by atoms with Gasteiger partial charge in [0.2, 0.25) is 0 Å². The zero-order valence-corrected chi connectivity index (χ0v) is 7.80. The lowest BCUT2D eigenvalue weighted by atomic mass is 9.50. The summed E-state index contributed by atoms with van der Waals surface area (Å²) in [6.07, 6.45) is 3.46. The van der Waals surface area contributed by atoms with Gasteiger partial charge < -0.3 is 5.11 Å². The molecule has 13 heavy (non-hydrogen) atoms. The van der Waals surface area contributed by atoms with Crippen LogP contribution in [0.15, 0.2) is 0 Å². The van der Waals surface area contributed by atoms with E-state index in [2.05, 4.69) is 6.92 Å². The lowest BCUT2D eigenvalue weighted by Gasteiger charge is -2.51. The molecule has 3 heteroatoms. The van der Waals surface area contributed by atoms with E-state index in [9.17, 15) is 9.59 Å². The molecule has 2 saturated carbocycles. The molecule has 0 aromatic rings. The minimum Gasteiger partial charge on any atom is -0.481 e. The van der Waals surface area contributed by atoms with Gasteiger partial charge in [-0.15, -0.1) is 0 Å². The van der Waals surface area contributed by atoms with Crippen molar-refractivity contribution >= 4 is 11.8 Å². The number of carbonyl (C=O) groups excluding carboxylic acids is 1. The Hall–Kier alpha value is -0.860. The molecule has 2 atom stereocenters. The second kappa shape index (κ2) is 2.34. The minimum absolute atomic E-state index is 0.00245. The molecule has 0 aromatic carbocycles. The highest BCUT2D eigenvalue weighted by Crippen LogP contribution is 2.65. The van der Waals surface area contributed by atoms with E-state index in [1.807, 2.05) is 0 Å². The van der Waals surface area contributed by atoms with Crippen LogP contribution in [-0.4, -0.2) is 16.9 Å². The molecule has 0 bridgehead atoms. The van der Waals surface area contributed by atoms with Crippen LogP contribution in [0.1, 0.15) is 39.0 Å². The zero-order chi connectivity index (χ0) is 9.69. The van der Waals surface area contributed by atoms with Gasteiger partial charge in [0.15, 0.2) is 0 Å². The maximum absolute atomic E-state index is 11.5. The largest absolute Gasteiger partial charge is 0.481 e. The van der Waals surface area contributed by atoms with Gasteiger partial charge in [0, 0.05) is 11.8 Å². The standard InChI is InChI=1S/C10H14O3/c1-9-3-2-4-10(9,6-8(12)13)7(11)5-9/h2-6H2,1H3,(H,12,13)/t9-,10?/m1/s1. The van der Waals surface area contributed by atoms with Crippen molar-refractivity contribution < 1.29 is 14.7 Å². The first-order valence-corrected chi connectivity index (χ1v) is 4.75. The lowest BCUT2D eigenvalue weighted by molar-refractivity contribution is -0.163. The lowest BCUT2D eigenvalue weighted by Crippen LogP contribution is -2.55. The molecule has 2 fully saturated rings. The normalized spacial score (nSPS) is 42.7. The Labute approximate surface area is 77.1 Å². The Bertz CT molecular complexity index is 284. The monoisotopic (exact) mass is 182 g/mol. The molecule has 1 unspecified atom stereocenters. The van der Waals surface area contributed by atoms with Crippen LogP contribution in [0.5, 0.6) is 0 Å². The fourth-order valence-corrected chi connectivity index (χ4v) is 3.13. The van der Waals surface area contributed by atoms with E-state index in [0.29, 0.717) is 6.42 Å². The van der Waals surface area contributed by atoms with Crippen LogP contribution < -0.4 is 0 Å². The summed E-state index contributed by atoms with van der Waals surface area (Å²) in [6.45, 7) is 2.06. The predicted octanol–water partition coefficient (Wildman–Crippen LogP) is 1.61. The summed E-state index contributed by atoms with van der Waals surface area (Å²) < 4.78 is 0. The number of rotatable bonds is 2. The number of Topliss-reactive ketones (excluding diaryl/α,β-unsaturated/α-hetero) is 1. The zero-order valence-electron chi connectivity index (χ0n) is 7.80. The number of aliphatic carboxylic acids is 1. The van der Waals surface area contributed by atoms with Crippen LogP contribution in [0.25, 0.3) is 0 Å². The van der Waals surface area contributed by atoms with E-state index in [1.165, 1.54) is 0 Å². The third-order valence-corrected chi connectivity index (χ3v) is 4.02. The third-order valence-electron chi connectivity index (χ3n) is 4.02. The quantitative estimate of drug-likeness (QED) is 0.705. The molecule has 2 aliphatic carbocycles. The number of carbonyl (C=O) groups is 2. The molecule has 0 aliphatic heterocycles. The number of hydrogen-bond acceptors (Lipinski definition) is 2. The van der Waals surface area contributed by atoms with Crippen LogP contribution in [0.3, 0.4) is 0 Å². The van der Waals surface area contributed by atoms with Gasteiger partial charge in [-0.05, 0) is 18.3 Å². The SMILES string of the molecule is C[C@]12CCCC1(CC(=O)O)C(=O)C2. The molecular formula is C10H14O3. The Kier molecular flexibility index (Phi) is 1.57. The molecule has 0 aromatic heterocycles. The average Bonchev–Trinajstić information content (AvgIpc) is 2.24. The van der Waals surface area contributed by atoms with Crippen molar-refractivity contribution in [1.82, 2.24) is 0 Å². The van der Waals surface area contributed by atoms with Crippen LogP contribution in [0.4, 0.5) is 0 Å². The summed E-state index contributed by atoms with van der Waals surface area (Å²) in [6, 6.07) is 0. The number of ketones is 1. The molecule has 72 valence electrons. The van der Waals surface area contributed by atoms with Crippen molar-refractivity contribution in [3.63, 3.8) is 0 Å². The summed E-state index contributed by atoms with van der Waals surface area (Å²) >= 11 is 0. The van der Waals surface area contributed by atoms with Gasteiger partial charge in [0.1, 0.15) is 5.78 Å². The van der Waals surface area contributed by atoms with Crippen molar-refractivity contribution in [2.24, 2.45) is 10.8 Å². The molecule has 3 nitrogen and oxygen atoms in total. The highest BCUT2D eigenvalue weighted by atomic mass is 16.4. The van der Waals surface area contributed by atoms with Gasteiger partial charge in [-0.2, -0.15) is 0 Å². The van der Waals surface area contributed by atoms with E-state index >= 15 is 0 Å². The van der Waals surface area contributed by atoms with Gasteiger partial charge in [0.25, 0.3) is 0 Å². The van der Waals surface area contributed by atoms with Crippen LogP contribution in [-0.2, 0) is 9.59 Å². The Morgan fingerprint density at radius 2 is 2.23 bits per heavy atom. The van der Waals surface area contributed by atoms with Crippen molar-refractivity contribution in [2.45, 2.75) is 39.0 Å². The van der Waals surface area contributed by atoms with Gasteiger partial charge in [-0.25, -0.2) is 0 Å². The average molecular weight is 182 g/mol.